The van der Waals surface area contributed by atoms with Gasteiger partial charge in [-0.2, -0.15) is 0 Å². The molecule has 2 amide bonds. The zero-order valence-corrected chi connectivity index (χ0v) is 15.7. The molecule has 134 valence electrons. The van der Waals surface area contributed by atoms with E-state index in [1.807, 2.05) is 24.3 Å². The first-order chi connectivity index (χ1) is 12.6. The zero-order valence-electron chi connectivity index (χ0n) is 14.0. The summed E-state index contributed by atoms with van der Waals surface area (Å²) >= 11 is 2.74. The quantitative estimate of drug-likeness (QED) is 0.742. The fourth-order valence-corrected chi connectivity index (χ4v) is 4.62. The van der Waals surface area contributed by atoms with Gasteiger partial charge < -0.3 is 9.64 Å². The topological polar surface area (TPSA) is 84.4 Å². The lowest BCUT2D eigenvalue weighted by Gasteiger charge is -2.24. The Morgan fingerprint density at radius 3 is 2.92 bits per heavy atom. The highest BCUT2D eigenvalue weighted by Gasteiger charge is 2.25. The number of rotatable bonds is 3. The third-order valence-electron chi connectivity index (χ3n) is 3.97. The third kappa shape index (κ3) is 3.27. The van der Waals surface area contributed by atoms with Gasteiger partial charge in [0.15, 0.2) is 10.1 Å². The highest BCUT2D eigenvalue weighted by molar-refractivity contribution is 7.20. The first kappa shape index (κ1) is 16.9. The maximum absolute atomic E-state index is 12.5. The van der Waals surface area contributed by atoms with Gasteiger partial charge in [-0.1, -0.05) is 23.5 Å². The van der Waals surface area contributed by atoms with Crippen LogP contribution in [0.15, 0.2) is 24.3 Å². The second-order valence-electron chi connectivity index (χ2n) is 5.70. The van der Waals surface area contributed by atoms with Crippen LogP contribution >= 0.6 is 22.7 Å². The number of anilines is 1. The van der Waals surface area contributed by atoms with Crippen LogP contribution in [-0.2, 0) is 17.7 Å². The van der Waals surface area contributed by atoms with Crippen molar-refractivity contribution in [2.75, 3.05) is 18.5 Å². The van der Waals surface area contributed by atoms with Crippen LogP contribution < -0.4 is 5.32 Å². The van der Waals surface area contributed by atoms with Gasteiger partial charge >= 0.3 is 6.09 Å². The summed E-state index contributed by atoms with van der Waals surface area (Å²) in [5, 5.41) is 3.77. The minimum atomic E-state index is -0.313. The predicted molar refractivity (Wildman–Crippen MR) is 101 cm³/mol. The second-order valence-corrected chi connectivity index (χ2v) is 7.81. The molecule has 0 unspecified atom stereocenters. The van der Waals surface area contributed by atoms with Crippen LogP contribution in [0.1, 0.15) is 27.3 Å². The molecular weight excluding hydrogens is 372 g/mol. The molecule has 4 rings (SSSR count). The van der Waals surface area contributed by atoms with Gasteiger partial charge in [-0.3, -0.25) is 10.1 Å². The van der Waals surface area contributed by atoms with Gasteiger partial charge in [0.25, 0.3) is 5.91 Å². The standard InChI is InChI=1S/C17H16N4O3S2/c1-2-24-17(23)21-8-7-11-13(9-21)26-16(19-11)20-14(22)15-18-10-5-3-4-6-12(10)25-15/h3-6H,2,7-9H2,1H3,(H,19,20,22). The highest BCUT2D eigenvalue weighted by Crippen LogP contribution is 2.29. The van der Waals surface area contributed by atoms with Crippen LogP contribution in [0.2, 0.25) is 0 Å². The summed E-state index contributed by atoms with van der Waals surface area (Å²) in [4.78, 5) is 35.8. The average Bonchev–Trinajstić information content (AvgIpc) is 3.24. The number of fused-ring (bicyclic) bond motifs is 2. The number of carbonyl (C=O) groups excluding carboxylic acids is 2. The van der Waals surface area contributed by atoms with Crippen LogP contribution in [0.4, 0.5) is 9.93 Å². The lowest BCUT2D eigenvalue weighted by molar-refractivity contribution is 0.102. The number of benzene rings is 1. The summed E-state index contributed by atoms with van der Waals surface area (Å²) in [5.41, 5.74) is 1.74. The normalized spacial score (nSPS) is 13.5. The molecule has 1 aliphatic rings. The van der Waals surface area contributed by atoms with Gasteiger partial charge in [0.2, 0.25) is 0 Å². The summed E-state index contributed by atoms with van der Waals surface area (Å²) in [5.74, 6) is -0.264. The Bertz CT molecular complexity index is 948. The molecule has 0 saturated heterocycles. The van der Waals surface area contributed by atoms with E-state index in [-0.39, 0.29) is 12.0 Å². The maximum atomic E-state index is 12.5. The van der Waals surface area contributed by atoms with Crippen LogP contribution in [-0.4, -0.2) is 40.0 Å². The Hall–Kier alpha value is -2.52. The van der Waals surface area contributed by atoms with E-state index in [4.69, 9.17) is 4.74 Å². The number of nitrogens with zero attached hydrogens (tertiary/aromatic N) is 3. The van der Waals surface area contributed by atoms with E-state index in [1.165, 1.54) is 22.7 Å². The Kier molecular flexibility index (Phi) is 4.56. The summed E-state index contributed by atoms with van der Waals surface area (Å²) in [6.07, 6.45) is 0.341. The predicted octanol–water partition coefficient (Wildman–Crippen LogP) is 3.52. The van der Waals surface area contributed by atoms with Crippen molar-refractivity contribution in [3.05, 3.63) is 39.8 Å². The molecule has 2 aromatic heterocycles. The number of carbonyl (C=O) groups is 2. The van der Waals surface area contributed by atoms with Crippen molar-refractivity contribution in [3.8, 4) is 0 Å². The zero-order chi connectivity index (χ0) is 18.1. The Morgan fingerprint density at radius 1 is 1.27 bits per heavy atom. The molecule has 0 atom stereocenters. The number of thiazole rings is 2. The lowest BCUT2D eigenvalue weighted by atomic mass is 10.2. The molecule has 1 aromatic carbocycles. The van der Waals surface area contributed by atoms with Crippen molar-refractivity contribution in [2.45, 2.75) is 19.9 Å². The molecule has 0 fully saturated rings. The molecule has 0 bridgehead atoms. The fraction of sp³-hybridized carbons (Fsp3) is 0.294. The third-order valence-corrected chi connectivity index (χ3v) is 6.00. The maximum Gasteiger partial charge on any atom is 0.410 e. The van der Waals surface area contributed by atoms with E-state index in [1.54, 1.807) is 11.8 Å². The highest BCUT2D eigenvalue weighted by atomic mass is 32.1. The Balaban J connectivity index is 1.48. The lowest BCUT2D eigenvalue weighted by Crippen LogP contribution is -2.35. The summed E-state index contributed by atoms with van der Waals surface area (Å²) in [6, 6.07) is 7.64. The van der Waals surface area contributed by atoms with Crippen LogP contribution in [0.5, 0.6) is 0 Å². The van der Waals surface area contributed by atoms with Crippen LogP contribution in [0.25, 0.3) is 10.2 Å². The number of nitrogens with one attached hydrogen (secondary N) is 1. The summed E-state index contributed by atoms with van der Waals surface area (Å²) < 4.78 is 6.02. The van der Waals surface area contributed by atoms with Gasteiger partial charge in [-0.15, -0.1) is 11.3 Å². The molecule has 9 heteroatoms. The van der Waals surface area contributed by atoms with E-state index >= 15 is 0 Å². The van der Waals surface area contributed by atoms with Crippen LogP contribution in [0, 0.1) is 0 Å². The minimum Gasteiger partial charge on any atom is -0.450 e. The molecule has 3 heterocycles. The monoisotopic (exact) mass is 388 g/mol. The summed E-state index contributed by atoms with van der Waals surface area (Å²) in [6.45, 7) is 3.17. The number of hydrogen-bond donors (Lipinski definition) is 1. The van der Waals surface area contributed by atoms with Gasteiger partial charge in [0.1, 0.15) is 0 Å². The smallest absolute Gasteiger partial charge is 0.410 e. The SMILES string of the molecule is CCOC(=O)N1CCc2nc(NC(=O)c3nc4ccccc4s3)sc2C1. The number of para-hydroxylation sites is 1. The van der Waals surface area contributed by atoms with E-state index in [9.17, 15) is 9.59 Å². The molecule has 26 heavy (non-hydrogen) atoms. The van der Waals surface area contributed by atoms with Gasteiger partial charge in [-0.25, -0.2) is 14.8 Å². The number of aromatic nitrogens is 2. The first-order valence-electron chi connectivity index (χ1n) is 8.21. The van der Waals surface area contributed by atoms with E-state index < -0.39 is 0 Å². The molecule has 0 spiro atoms. The van der Waals surface area contributed by atoms with Crippen molar-refractivity contribution in [2.24, 2.45) is 0 Å². The largest absolute Gasteiger partial charge is 0.450 e. The van der Waals surface area contributed by atoms with Gasteiger partial charge in [0.05, 0.1) is 29.1 Å². The molecular formula is C17H16N4O3S2. The van der Waals surface area contributed by atoms with Crippen molar-refractivity contribution in [1.82, 2.24) is 14.9 Å². The van der Waals surface area contributed by atoms with Gasteiger partial charge in [0, 0.05) is 17.8 Å². The Morgan fingerprint density at radius 2 is 2.12 bits per heavy atom. The van der Waals surface area contributed by atoms with Crippen molar-refractivity contribution in [3.63, 3.8) is 0 Å². The van der Waals surface area contributed by atoms with Crippen molar-refractivity contribution >= 4 is 50.0 Å². The van der Waals surface area contributed by atoms with Crippen LogP contribution in [0.3, 0.4) is 0 Å². The minimum absolute atomic E-state index is 0.264. The molecule has 0 radical (unpaired) electrons. The fourth-order valence-electron chi connectivity index (χ4n) is 2.74. The molecule has 3 aromatic rings. The first-order valence-corrected chi connectivity index (χ1v) is 9.84. The second kappa shape index (κ2) is 7.00. The van der Waals surface area contributed by atoms with Gasteiger partial charge in [-0.05, 0) is 19.1 Å². The van der Waals surface area contributed by atoms with Crippen molar-refractivity contribution in [1.29, 1.82) is 0 Å². The summed E-state index contributed by atoms with van der Waals surface area (Å²) in [7, 11) is 0. The molecule has 0 aliphatic carbocycles. The van der Waals surface area contributed by atoms with E-state index in [2.05, 4.69) is 15.3 Å². The van der Waals surface area contributed by atoms with E-state index in [0.29, 0.717) is 36.3 Å². The number of ether oxygens (including phenoxy) is 1. The van der Waals surface area contributed by atoms with Crippen molar-refractivity contribution < 1.29 is 14.3 Å². The average molecular weight is 388 g/mol. The molecule has 1 aliphatic heterocycles. The Labute approximate surface area is 157 Å². The van der Waals surface area contributed by atoms with E-state index in [0.717, 1.165) is 20.8 Å². The molecule has 7 nitrogen and oxygen atoms in total. The number of hydrogen-bond acceptors (Lipinski definition) is 7. The molecule has 1 N–H and O–H groups in total. The molecule has 0 saturated carbocycles. The number of amides is 2.